The Labute approximate surface area is 730 Å². The SMILES string of the molecule is Cc1c(Sc2ccc(S(C)(=O)=O)cc2)c2cc(-c3ccsc3)ccc2n1CC(=O)O.Cc1c(Sc2ccc(S(C)(=O)=O)cc2)c2cc(-c3cncnc3)ccc2n1CC(=O)O.Cc1c(Sc2ccccc2S(C)(=O)=O)c2cc(NS(C)(=O)=O)ccc2n1CC(=O)O.Cc1noc(C)c1-c1ccc2c(c1)c(Sc1ccc(S(C)(=O)=O)cc1)c(C)n2CC(=O)O. The number of thiophene rings is 1. The number of aromatic nitrogens is 7. The Morgan fingerprint density at radius 1 is 0.407 bits per heavy atom. The van der Waals surface area contributed by atoms with Crippen LogP contribution in [0.3, 0.4) is 0 Å². The number of benzene rings is 8. The summed E-state index contributed by atoms with van der Waals surface area (Å²) in [6.07, 6.45) is 10.6. The highest BCUT2D eigenvalue weighted by Crippen LogP contribution is 2.46. The van der Waals surface area contributed by atoms with Crippen LogP contribution in [0.25, 0.3) is 77.0 Å². The average Bonchev–Trinajstić information content (AvgIpc) is 1.63. The monoisotopic (exact) mass is 1850 g/mol. The summed E-state index contributed by atoms with van der Waals surface area (Å²) in [7, 11) is -16.8. The van der Waals surface area contributed by atoms with Crippen molar-refractivity contribution < 1.29 is 86.2 Å². The van der Waals surface area contributed by atoms with Crippen LogP contribution in [0.15, 0.2) is 269 Å². The number of hydrogen-bond donors (Lipinski definition) is 5. The second-order valence-electron chi connectivity index (χ2n) is 28.6. The molecule has 0 atom stereocenters. The van der Waals surface area contributed by atoms with Crippen LogP contribution in [-0.4, -0.2) is 151 Å². The van der Waals surface area contributed by atoms with Crippen molar-refractivity contribution in [1.82, 2.24) is 33.4 Å². The number of nitrogens with one attached hydrogen (secondary N) is 1. The lowest BCUT2D eigenvalue weighted by molar-refractivity contribution is -0.138. The van der Waals surface area contributed by atoms with Gasteiger partial charge in [0.15, 0.2) is 39.3 Å². The van der Waals surface area contributed by atoms with E-state index in [0.29, 0.717) is 37.8 Å². The third-order valence-electron chi connectivity index (χ3n) is 19.5. The second kappa shape index (κ2) is 37.0. The van der Waals surface area contributed by atoms with Crippen molar-refractivity contribution in [3.63, 3.8) is 0 Å². The summed E-state index contributed by atoms with van der Waals surface area (Å²) in [5.41, 5.74) is 13.2. The Balaban J connectivity index is 0.000000150. The fourth-order valence-electron chi connectivity index (χ4n) is 13.8. The van der Waals surface area contributed by atoms with Crippen LogP contribution in [0, 0.1) is 41.5 Å². The number of aliphatic carboxylic acids is 4. The molecule has 27 nitrogen and oxygen atoms in total. The lowest BCUT2D eigenvalue weighted by atomic mass is 10.0. The third kappa shape index (κ3) is 21.5. The number of anilines is 1. The van der Waals surface area contributed by atoms with Crippen LogP contribution in [0.5, 0.6) is 0 Å². The van der Waals surface area contributed by atoms with Crippen molar-refractivity contribution in [3.8, 4) is 33.4 Å². The van der Waals surface area contributed by atoms with Crippen LogP contribution >= 0.6 is 58.4 Å². The van der Waals surface area contributed by atoms with Gasteiger partial charge >= 0.3 is 23.9 Å². The van der Waals surface area contributed by atoms with Gasteiger partial charge in [-0.2, -0.15) is 11.3 Å². The Morgan fingerprint density at radius 2 is 0.764 bits per heavy atom. The van der Waals surface area contributed by atoms with Gasteiger partial charge in [0.25, 0.3) is 0 Å². The number of sulfonamides is 1. The van der Waals surface area contributed by atoms with Gasteiger partial charge in [0.05, 0.1) is 37.0 Å². The molecule has 0 fully saturated rings. The van der Waals surface area contributed by atoms with Gasteiger partial charge in [0, 0.05) is 154 Å². The fraction of sp³-hybridized carbons (Fsp3) is 0.174. The van der Waals surface area contributed by atoms with Gasteiger partial charge in [0.1, 0.15) is 38.3 Å². The molecule has 0 aliphatic carbocycles. The zero-order valence-electron chi connectivity index (χ0n) is 67.6. The maximum atomic E-state index is 12.2. The predicted octanol–water partition coefficient (Wildman–Crippen LogP) is 17.2. The first-order valence-electron chi connectivity index (χ1n) is 36.9. The molecule has 0 amide bonds. The fourth-order valence-corrected chi connectivity index (χ4v) is 22.4. The minimum Gasteiger partial charge on any atom is -0.480 e. The van der Waals surface area contributed by atoms with Crippen LogP contribution in [0.2, 0.25) is 0 Å². The van der Waals surface area contributed by atoms with Crippen LogP contribution in [0.1, 0.15) is 34.2 Å². The minimum absolute atomic E-state index is 0.117. The zero-order valence-corrected chi connectivity index (χ0v) is 75.7. The number of aryl methyl sites for hydroxylation is 2. The van der Waals surface area contributed by atoms with E-state index in [1.807, 2.05) is 93.1 Å². The van der Waals surface area contributed by atoms with Crippen LogP contribution < -0.4 is 4.72 Å². The number of hydrogen-bond acceptors (Lipinski definition) is 23. The van der Waals surface area contributed by atoms with E-state index in [4.69, 9.17) is 4.52 Å². The Morgan fingerprint density at radius 3 is 1.11 bits per heavy atom. The van der Waals surface area contributed by atoms with E-state index < -0.39 is 73.2 Å². The molecule has 0 unspecified atom stereocenters. The lowest BCUT2D eigenvalue weighted by Crippen LogP contribution is -2.10. The van der Waals surface area contributed by atoms with Gasteiger partial charge in [-0.3, -0.25) is 23.9 Å². The predicted molar refractivity (Wildman–Crippen MR) is 480 cm³/mol. The number of fused-ring (bicyclic) bond motifs is 4. The number of sulfone groups is 4. The highest BCUT2D eigenvalue weighted by atomic mass is 32.2. The Hall–Kier alpha value is -11.3. The maximum absolute atomic E-state index is 12.2. The van der Waals surface area contributed by atoms with Gasteiger partial charge in [-0.1, -0.05) is 82.5 Å². The topological polar surface area (TPSA) is 403 Å². The highest BCUT2D eigenvalue weighted by molar-refractivity contribution is 8.01. The van der Waals surface area contributed by atoms with Crippen molar-refractivity contribution in [2.75, 3.05) is 36.0 Å². The molecule has 0 saturated carbocycles. The number of carboxylic acids is 4. The molecule has 0 aliphatic rings. The molecule has 37 heteroatoms. The first kappa shape index (κ1) is 91.0. The molecule has 0 aliphatic heterocycles. The molecule has 0 spiro atoms. The molecule has 8 aromatic carbocycles. The van der Waals surface area contributed by atoms with Crippen molar-refractivity contribution in [2.45, 2.75) is 126 Å². The number of carboxylic acid groups (broad SMARTS) is 4. The number of rotatable bonds is 25. The molecule has 7 heterocycles. The van der Waals surface area contributed by atoms with E-state index in [1.54, 1.807) is 154 Å². The first-order chi connectivity index (χ1) is 57.9. The van der Waals surface area contributed by atoms with E-state index in [0.717, 1.165) is 131 Å². The smallest absolute Gasteiger partial charge is 0.323 e. The number of carbonyl (C=O) groups is 4. The average molecular weight is 1850 g/mol. The van der Waals surface area contributed by atoms with E-state index in [2.05, 4.69) is 37.4 Å². The molecule has 0 radical (unpaired) electrons. The molecular weight excluding hydrogens is 1770 g/mol. The Kier molecular flexibility index (Phi) is 27.4. The van der Waals surface area contributed by atoms with Crippen molar-refractivity contribution in [3.05, 3.63) is 240 Å². The van der Waals surface area contributed by atoms with Crippen LogP contribution in [-0.2, 0) is 94.7 Å². The number of nitrogens with zero attached hydrogens (tertiary/aromatic N) is 7. The van der Waals surface area contributed by atoms with Crippen molar-refractivity contribution in [1.29, 1.82) is 0 Å². The van der Waals surface area contributed by atoms with Crippen molar-refractivity contribution >= 4 is 181 Å². The first-order valence-corrected chi connectivity index (χ1v) is 50.6. The van der Waals surface area contributed by atoms with E-state index >= 15 is 0 Å². The second-order valence-corrected chi connectivity index (χ2v) is 43.4. The molecule has 0 saturated heterocycles. The van der Waals surface area contributed by atoms with Gasteiger partial charge in [0.2, 0.25) is 10.0 Å². The molecule has 0 bridgehead atoms. The maximum Gasteiger partial charge on any atom is 0.323 e. The normalized spacial score (nSPS) is 11.9. The zero-order chi connectivity index (χ0) is 89.1. The summed E-state index contributed by atoms with van der Waals surface area (Å²) >= 11 is 7.29. The summed E-state index contributed by atoms with van der Waals surface area (Å²) in [5.74, 6) is -3.05. The summed E-state index contributed by atoms with van der Waals surface area (Å²) in [4.78, 5) is 61.4. The molecule has 5 N–H and O–H groups in total. The standard InChI is InChI=1S/C23H22N2O5S2.C22H19N3O4S2.C22H19NO4S3.C19H20N2O6S3/c1-13-22(15(3)30-24-13)16-5-10-20-19(11-16)23(14(2)25(20)12-21(26)27)31-17-6-8-18(9-7-17)32(4,28)29;1-14-22(30-17-4-6-18(7-5-17)31(2,28)29)19-9-15(16-10-23-13-24-11-16)3-8-20(19)25(14)12-21(26)27;1-14-22(29-17-4-6-18(7-5-17)30(2,26)27)19-11-15(16-9-10-28-13-16)3-8-20(19)23(14)12-21(24)25;1-12-19(28-16-6-4-5-7-17(16)29(2,24)25)14-10-13(20-30(3,26)27)8-9-15(14)21(12)11-18(22)23/h5-11H,12H2,1-4H3,(H,26,27);3-11,13H,12H2,1-2H3,(H,26,27);3-11,13H,12H2,1-2H3,(H,24,25);4-10,20H,11H2,1-3H3,(H,22,23). The van der Waals surface area contributed by atoms with Gasteiger partial charge in [-0.05, 0) is 220 Å². The highest BCUT2D eigenvalue weighted by Gasteiger charge is 2.26. The molecule has 15 aromatic rings. The van der Waals surface area contributed by atoms with E-state index in [1.165, 1.54) is 78.2 Å². The van der Waals surface area contributed by atoms with Crippen molar-refractivity contribution in [2.24, 2.45) is 0 Å². The van der Waals surface area contributed by atoms with Gasteiger partial charge in [-0.15, -0.1) is 0 Å². The van der Waals surface area contributed by atoms with Crippen LogP contribution in [0.4, 0.5) is 5.69 Å². The summed E-state index contributed by atoms with van der Waals surface area (Å²) in [5, 5.41) is 49.1. The van der Waals surface area contributed by atoms with E-state index in [-0.39, 0.29) is 45.8 Å². The van der Waals surface area contributed by atoms with Gasteiger partial charge < -0.3 is 43.2 Å². The molecule has 15 rings (SSSR count). The molecule has 638 valence electrons. The third-order valence-corrected chi connectivity index (χ3v) is 30.4. The van der Waals surface area contributed by atoms with E-state index in [9.17, 15) is 81.7 Å². The molecule has 123 heavy (non-hydrogen) atoms. The summed E-state index contributed by atoms with van der Waals surface area (Å²) in [6, 6.07) is 51.4. The lowest BCUT2D eigenvalue weighted by Gasteiger charge is -2.09. The largest absolute Gasteiger partial charge is 0.480 e. The molecule has 7 aromatic heterocycles. The minimum atomic E-state index is -3.50. The van der Waals surface area contributed by atoms with Gasteiger partial charge in [-0.25, -0.2) is 52.1 Å². The quantitative estimate of drug-likeness (QED) is 0.0355. The summed E-state index contributed by atoms with van der Waals surface area (Å²) < 4.78 is 133. The summed E-state index contributed by atoms with van der Waals surface area (Å²) in [6.45, 7) is 10.5. The Bertz CT molecular complexity index is 7230. The molecular formula is C86H80N8O19S10.